The van der Waals surface area contributed by atoms with Crippen molar-refractivity contribution in [1.82, 2.24) is 0 Å². The molecular weight excluding hydrogens is 258 g/mol. The van der Waals surface area contributed by atoms with E-state index in [0.29, 0.717) is 11.4 Å². The molecule has 0 aliphatic heterocycles. The van der Waals surface area contributed by atoms with Crippen molar-refractivity contribution in [2.75, 3.05) is 12.4 Å². The van der Waals surface area contributed by atoms with Gasteiger partial charge >= 0.3 is 0 Å². The van der Waals surface area contributed by atoms with Crippen molar-refractivity contribution in [3.8, 4) is 5.75 Å². The lowest BCUT2D eigenvalue weighted by Crippen LogP contribution is -2.08. The topological polar surface area (TPSA) is 38.3 Å². The summed E-state index contributed by atoms with van der Waals surface area (Å²) in [7, 11) is 1.58. The lowest BCUT2D eigenvalue weighted by molar-refractivity contribution is -0.111. The number of hydrogen-bond acceptors (Lipinski definition) is 3. The highest BCUT2D eigenvalue weighted by Crippen LogP contribution is 2.23. The van der Waals surface area contributed by atoms with Crippen molar-refractivity contribution >= 4 is 29.0 Å². The second-order valence-electron chi connectivity index (χ2n) is 3.97. The van der Waals surface area contributed by atoms with E-state index in [0.717, 1.165) is 4.88 Å². The summed E-state index contributed by atoms with van der Waals surface area (Å²) < 4.78 is 5.18. The van der Waals surface area contributed by atoms with Crippen LogP contribution in [-0.2, 0) is 4.79 Å². The second-order valence-corrected chi connectivity index (χ2v) is 5.29. The molecule has 0 radical (unpaired) electrons. The fourth-order valence-corrected chi connectivity index (χ4v) is 2.40. The number of para-hydroxylation sites is 2. The maximum Gasteiger partial charge on any atom is 0.248 e. The molecule has 0 aliphatic rings. The Morgan fingerprint density at radius 2 is 2.05 bits per heavy atom. The van der Waals surface area contributed by atoms with Crippen LogP contribution in [0.25, 0.3) is 6.08 Å². The second kappa shape index (κ2) is 6.20. The van der Waals surface area contributed by atoms with Crippen LogP contribution in [0.2, 0.25) is 0 Å². The van der Waals surface area contributed by atoms with Gasteiger partial charge in [0.05, 0.1) is 12.8 Å². The summed E-state index contributed by atoms with van der Waals surface area (Å²) in [6.07, 6.45) is 3.33. The van der Waals surface area contributed by atoms with Crippen LogP contribution in [0, 0.1) is 6.92 Å². The molecule has 1 heterocycles. The van der Waals surface area contributed by atoms with E-state index in [1.54, 1.807) is 24.5 Å². The SMILES string of the molecule is COc1ccccc1NC(=O)/C=C/c1ccc(C)s1. The van der Waals surface area contributed by atoms with Gasteiger partial charge in [-0.2, -0.15) is 0 Å². The highest BCUT2D eigenvalue weighted by molar-refractivity contribution is 7.12. The number of benzene rings is 1. The predicted octanol–water partition coefficient (Wildman–Crippen LogP) is 3.72. The average Bonchev–Trinajstić information content (AvgIpc) is 2.83. The van der Waals surface area contributed by atoms with Gasteiger partial charge < -0.3 is 10.1 Å². The molecule has 0 spiro atoms. The van der Waals surface area contributed by atoms with Crippen molar-refractivity contribution in [1.29, 1.82) is 0 Å². The molecule has 0 saturated carbocycles. The van der Waals surface area contributed by atoms with Crippen molar-refractivity contribution in [2.45, 2.75) is 6.92 Å². The van der Waals surface area contributed by atoms with Gasteiger partial charge in [0.2, 0.25) is 5.91 Å². The van der Waals surface area contributed by atoms with E-state index < -0.39 is 0 Å². The van der Waals surface area contributed by atoms with Crippen LogP contribution < -0.4 is 10.1 Å². The molecule has 1 amide bonds. The Balaban J connectivity index is 2.03. The van der Waals surface area contributed by atoms with Gasteiger partial charge in [-0.3, -0.25) is 4.79 Å². The van der Waals surface area contributed by atoms with E-state index in [1.165, 1.54) is 11.0 Å². The molecule has 0 unspecified atom stereocenters. The summed E-state index contributed by atoms with van der Waals surface area (Å²) >= 11 is 1.65. The van der Waals surface area contributed by atoms with E-state index in [1.807, 2.05) is 43.3 Å². The third kappa shape index (κ3) is 3.69. The number of nitrogens with one attached hydrogen (secondary N) is 1. The summed E-state index contributed by atoms with van der Waals surface area (Å²) in [4.78, 5) is 14.1. The van der Waals surface area contributed by atoms with Gasteiger partial charge in [-0.05, 0) is 37.3 Å². The highest BCUT2D eigenvalue weighted by Gasteiger charge is 2.03. The van der Waals surface area contributed by atoms with Crippen molar-refractivity contribution in [3.05, 3.63) is 52.2 Å². The molecule has 1 aromatic carbocycles. The Hall–Kier alpha value is -2.07. The summed E-state index contributed by atoms with van der Waals surface area (Å²) in [5.41, 5.74) is 0.669. The molecule has 3 nitrogen and oxygen atoms in total. The highest BCUT2D eigenvalue weighted by atomic mass is 32.1. The average molecular weight is 273 g/mol. The monoisotopic (exact) mass is 273 g/mol. The van der Waals surface area contributed by atoms with Crippen LogP contribution in [0.1, 0.15) is 9.75 Å². The normalized spacial score (nSPS) is 10.6. The first-order valence-corrected chi connectivity index (χ1v) is 6.69. The zero-order valence-electron chi connectivity index (χ0n) is 10.8. The summed E-state index contributed by atoms with van der Waals surface area (Å²) in [5, 5.41) is 2.79. The lowest BCUT2D eigenvalue weighted by atomic mass is 10.3. The molecular formula is C15H15NO2S. The minimum atomic E-state index is -0.171. The van der Waals surface area contributed by atoms with Gasteiger partial charge in [-0.15, -0.1) is 11.3 Å². The molecule has 1 aromatic heterocycles. The van der Waals surface area contributed by atoms with Gasteiger partial charge in [0, 0.05) is 15.8 Å². The first-order valence-electron chi connectivity index (χ1n) is 5.87. The maximum absolute atomic E-state index is 11.8. The summed E-state index contributed by atoms with van der Waals surface area (Å²) in [5.74, 6) is 0.478. The van der Waals surface area contributed by atoms with Crippen LogP contribution in [0.3, 0.4) is 0 Å². The smallest absolute Gasteiger partial charge is 0.248 e. The molecule has 0 atom stereocenters. The van der Waals surface area contributed by atoms with Gasteiger partial charge in [0.1, 0.15) is 5.75 Å². The number of thiophene rings is 1. The van der Waals surface area contributed by atoms with E-state index in [4.69, 9.17) is 4.74 Å². The largest absolute Gasteiger partial charge is 0.495 e. The molecule has 2 rings (SSSR count). The number of anilines is 1. The Morgan fingerprint density at radius 1 is 1.26 bits per heavy atom. The fourth-order valence-electron chi connectivity index (χ4n) is 1.62. The molecule has 0 saturated heterocycles. The number of carbonyl (C=O) groups excluding carboxylic acids is 1. The van der Waals surface area contributed by atoms with Crippen molar-refractivity contribution in [3.63, 3.8) is 0 Å². The first-order chi connectivity index (χ1) is 9.19. The molecule has 19 heavy (non-hydrogen) atoms. The predicted molar refractivity (Wildman–Crippen MR) is 79.7 cm³/mol. The van der Waals surface area contributed by atoms with Crippen LogP contribution in [0.4, 0.5) is 5.69 Å². The minimum Gasteiger partial charge on any atom is -0.495 e. The Morgan fingerprint density at radius 3 is 2.74 bits per heavy atom. The standard InChI is InChI=1S/C15H15NO2S/c1-11-7-8-12(19-11)9-10-15(17)16-13-5-3-4-6-14(13)18-2/h3-10H,1-2H3,(H,16,17)/b10-9+. The first kappa shape index (κ1) is 13.4. The molecule has 98 valence electrons. The van der Waals surface area contributed by atoms with Crippen molar-refractivity contribution < 1.29 is 9.53 Å². The third-order valence-electron chi connectivity index (χ3n) is 2.52. The Bertz CT molecular complexity index is 602. The number of ether oxygens (including phenoxy) is 1. The Kier molecular flexibility index (Phi) is 4.36. The zero-order valence-corrected chi connectivity index (χ0v) is 11.7. The van der Waals surface area contributed by atoms with Crippen LogP contribution in [0.15, 0.2) is 42.5 Å². The molecule has 0 aliphatic carbocycles. The molecule has 4 heteroatoms. The molecule has 0 bridgehead atoms. The van der Waals surface area contributed by atoms with Gasteiger partial charge in [-0.25, -0.2) is 0 Å². The minimum absolute atomic E-state index is 0.171. The van der Waals surface area contributed by atoms with Gasteiger partial charge in [0.25, 0.3) is 0 Å². The number of hydrogen-bond donors (Lipinski definition) is 1. The van der Waals surface area contributed by atoms with E-state index in [9.17, 15) is 4.79 Å². The van der Waals surface area contributed by atoms with Crippen LogP contribution in [-0.4, -0.2) is 13.0 Å². The van der Waals surface area contributed by atoms with E-state index >= 15 is 0 Å². The fraction of sp³-hybridized carbons (Fsp3) is 0.133. The molecule has 2 aromatic rings. The number of rotatable bonds is 4. The quantitative estimate of drug-likeness (QED) is 0.862. The summed E-state index contributed by atoms with van der Waals surface area (Å²) in [6, 6.07) is 11.3. The number of methoxy groups -OCH3 is 1. The number of aryl methyl sites for hydroxylation is 1. The van der Waals surface area contributed by atoms with E-state index in [-0.39, 0.29) is 5.91 Å². The van der Waals surface area contributed by atoms with Crippen LogP contribution in [0.5, 0.6) is 5.75 Å². The Labute approximate surface area is 116 Å². The summed E-state index contributed by atoms with van der Waals surface area (Å²) in [6.45, 7) is 2.04. The van der Waals surface area contributed by atoms with Crippen molar-refractivity contribution in [2.24, 2.45) is 0 Å². The molecule has 1 N–H and O–H groups in total. The number of amides is 1. The van der Waals surface area contributed by atoms with Gasteiger partial charge in [-0.1, -0.05) is 12.1 Å². The molecule has 0 fully saturated rings. The zero-order chi connectivity index (χ0) is 13.7. The van der Waals surface area contributed by atoms with Gasteiger partial charge in [0.15, 0.2) is 0 Å². The van der Waals surface area contributed by atoms with E-state index in [2.05, 4.69) is 5.32 Å². The maximum atomic E-state index is 11.8. The number of carbonyl (C=O) groups is 1. The lowest BCUT2D eigenvalue weighted by Gasteiger charge is -2.07. The third-order valence-corrected chi connectivity index (χ3v) is 3.49. The van der Waals surface area contributed by atoms with Crippen LogP contribution >= 0.6 is 11.3 Å².